The van der Waals surface area contributed by atoms with Crippen LogP contribution in [0, 0.1) is 0 Å². The summed E-state index contributed by atoms with van der Waals surface area (Å²) in [7, 11) is 1.82. The van der Waals surface area contributed by atoms with Gasteiger partial charge in [-0.2, -0.15) is 0 Å². The minimum Gasteiger partial charge on any atom is -0.322 e. The lowest BCUT2D eigenvalue weighted by atomic mass is 10.1. The molecule has 0 spiro atoms. The molecule has 1 rings (SSSR count). The molecule has 0 saturated carbocycles. The highest BCUT2D eigenvalue weighted by Crippen LogP contribution is 2.22. The highest BCUT2D eigenvalue weighted by Gasteiger charge is 2.15. The number of halogens is 1. The summed E-state index contributed by atoms with van der Waals surface area (Å²) >= 11 is 3.30. The standard InChI is InChI=1S/C8H13BrN4/c1-5(2)4-6(10)7-8(9)11-12-13(7)3/h6H,1,4,10H2,2-3H3. The Bertz CT molecular complexity index is 298. The topological polar surface area (TPSA) is 56.7 Å². The van der Waals surface area contributed by atoms with Crippen molar-refractivity contribution in [2.75, 3.05) is 0 Å². The van der Waals surface area contributed by atoms with Crippen molar-refractivity contribution in [3.8, 4) is 0 Å². The SMILES string of the molecule is C=C(C)CC(N)c1c(Br)nnn1C. The van der Waals surface area contributed by atoms with Gasteiger partial charge in [-0.15, -0.1) is 11.7 Å². The number of nitrogens with two attached hydrogens (primary N) is 1. The van der Waals surface area contributed by atoms with Gasteiger partial charge in [0.1, 0.15) is 0 Å². The minimum atomic E-state index is -0.0909. The Kier molecular flexibility index (Phi) is 3.22. The van der Waals surface area contributed by atoms with Gasteiger partial charge in [-0.1, -0.05) is 10.8 Å². The fraction of sp³-hybridized carbons (Fsp3) is 0.500. The van der Waals surface area contributed by atoms with Gasteiger partial charge in [-0.3, -0.25) is 0 Å². The molecule has 4 nitrogen and oxygen atoms in total. The first kappa shape index (κ1) is 10.4. The van der Waals surface area contributed by atoms with Crippen LogP contribution in [-0.4, -0.2) is 15.0 Å². The van der Waals surface area contributed by atoms with E-state index < -0.39 is 0 Å². The van der Waals surface area contributed by atoms with E-state index >= 15 is 0 Å². The van der Waals surface area contributed by atoms with Gasteiger partial charge in [0.25, 0.3) is 0 Å². The maximum Gasteiger partial charge on any atom is 0.153 e. The summed E-state index contributed by atoms with van der Waals surface area (Å²) in [6.45, 7) is 5.77. The average Bonchev–Trinajstić information content (AvgIpc) is 2.29. The molecule has 0 amide bonds. The zero-order valence-electron chi connectivity index (χ0n) is 7.79. The van der Waals surface area contributed by atoms with Crippen LogP contribution in [0.2, 0.25) is 0 Å². The Labute approximate surface area is 85.9 Å². The predicted octanol–water partition coefficient (Wildman–Crippen LogP) is 1.54. The summed E-state index contributed by atoms with van der Waals surface area (Å²) in [6.07, 6.45) is 0.750. The minimum absolute atomic E-state index is 0.0909. The van der Waals surface area contributed by atoms with Gasteiger partial charge >= 0.3 is 0 Å². The molecular formula is C8H13BrN4. The van der Waals surface area contributed by atoms with Crippen molar-refractivity contribution in [2.45, 2.75) is 19.4 Å². The molecule has 2 N–H and O–H groups in total. The third-order valence-corrected chi connectivity index (χ3v) is 2.31. The molecular weight excluding hydrogens is 232 g/mol. The van der Waals surface area contributed by atoms with E-state index in [0.717, 1.165) is 17.7 Å². The van der Waals surface area contributed by atoms with Crippen molar-refractivity contribution in [1.29, 1.82) is 0 Å². The van der Waals surface area contributed by atoms with Crippen LogP contribution in [0.15, 0.2) is 16.8 Å². The van der Waals surface area contributed by atoms with Crippen LogP contribution >= 0.6 is 15.9 Å². The quantitative estimate of drug-likeness (QED) is 0.822. The van der Waals surface area contributed by atoms with Crippen molar-refractivity contribution in [1.82, 2.24) is 15.0 Å². The third-order valence-electron chi connectivity index (χ3n) is 1.75. The molecule has 0 aromatic carbocycles. The van der Waals surface area contributed by atoms with Gasteiger partial charge in [-0.05, 0) is 29.3 Å². The van der Waals surface area contributed by atoms with Crippen LogP contribution in [0.4, 0.5) is 0 Å². The molecule has 0 radical (unpaired) electrons. The predicted molar refractivity (Wildman–Crippen MR) is 55.1 cm³/mol. The first-order chi connectivity index (χ1) is 6.02. The van der Waals surface area contributed by atoms with Crippen LogP contribution < -0.4 is 5.73 Å². The molecule has 1 aromatic heterocycles. The monoisotopic (exact) mass is 244 g/mol. The summed E-state index contributed by atoms with van der Waals surface area (Å²) in [4.78, 5) is 0. The molecule has 13 heavy (non-hydrogen) atoms. The highest BCUT2D eigenvalue weighted by atomic mass is 79.9. The Morgan fingerprint density at radius 1 is 1.77 bits per heavy atom. The molecule has 0 bridgehead atoms. The van der Waals surface area contributed by atoms with E-state index in [-0.39, 0.29) is 6.04 Å². The molecule has 0 aliphatic rings. The number of aryl methyl sites for hydroxylation is 1. The Hall–Kier alpha value is -0.680. The maximum absolute atomic E-state index is 5.95. The summed E-state index contributed by atoms with van der Waals surface area (Å²) < 4.78 is 2.39. The highest BCUT2D eigenvalue weighted by molar-refractivity contribution is 9.10. The molecule has 1 unspecified atom stereocenters. The van der Waals surface area contributed by atoms with Crippen LogP contribution in [0.1, 0.15) is 25.1 Å². The van der Waals surface area contributed by atoms with Gasteiger partial charge in [0.05, 0.1) is 11.7 Å². The molecule has 1 atom stereocenters. The van der Waals surface area contributed by atoms with E-state index in [1.54, 1.807) is 4.68 Å². The van der Waals surface area contributed by atoms with E-state index in [9.17, 15) is 0 Å². The van der Waals surface area contributed by atoms with E-state index in [1.165, 1.54) is 0 Å². The number of rotatable bonds is 3. The van der Waals surface area contributed by atoms with E-state index in [2.05, 4.69) is 32.8 Å². The van der Waals surface area contributed by atoms with Crippen molar-refractivity contribution < 1.29 is 0 Å². The smallest absolute Gasteiger partial charge is 0.153 e. The van der Waals surface area contributed by atoms with Gasteiger partial charge in [0.2, 0.25) is 0 Å². The second-order valence-electron chi connectivity index (χ2n) is 3.16. The molecule has 0 fully saturated rings. The van der Waals surface area contributed by atoms with Crippen LogP contribution in [0.25, 0.3) is 0 Å². The lowest BCUT2D eigenvalue weighted by Gasteiger charge is -2.11. The van der Waals surface area contributed by atoms with Crippen molar-refractivity contribution in [2.24, 2.45) is 12.8 Å². The number of aromatic nitrogens is 3. The maximum atomic E-state index is 5.95. The van der Waals surface area contributed by atoms with Crippen molar-refractivity contribution in [3.63, 3.8) is 0 Å². The summed E-state index contributed by atoms with van der Waals surface area (Å²) in [5.41, 5.74) is 7.91. The first-order valence-corrected chi connectivity index (χ1v) is 4.76. The van der Waals surface area contributed by atoms with Gasteiger partial charge in [0.15, 0.2) is 4.60 Å². The molecule has 1 aromatic rings. The third kappa shape index (κ3) is 2.38. The van der Waals surface area contributed by atoms with E-state index in [0.29, 0.717) is 4.60 Å². The van der Waals surface area contributed by atoms with Crippen molar-refractivity contribution >= 4 is 15.9 Å². The van der Waals surface area contributed by atoms with E-state index in [1.807, 2.05) is 14.0 Å². The molecule has 0 aliphatic heterocycles. The lowest BCUT2D eigenvalue weighted by Crippen LogP contribution is -2.15. The largest absolute Gasteiger partial charge is 0.322 e. The van der Waals surface area contributed by atoms with E-state index in [4.69, 9.17) is 5.73 Å². The molecule has 0 aliphatic carbocycles. The Morgan fingerprint density at radius 3 is 2.77 bits per heavy atom. The summed E-state index contributed by atoms with van der Waals surface area (Å²) in [5.74, 6) is 0. The number of hydrogen-bond donors (Lipinski definition) is 1. The van der Waals surface area contributed by atoms with Gasteiger partial charge < -0.3 is 5.73 Å². The zero-order chi connectivity index (χ0) is 10.0. The summed E-state index contributed by atoms with van der Waals surface area (Å²) in [5, 5.41) is 7.72. The second kappa shape index (κ2) is 4.02. The molecule has 0 saturated heterocycles. The molecule has 1 heterocycles. The van der Waals surface area contributed by atoms with Crippen LogP contribution in [0.3, 0.4) is 0 Å². The fourth-order valence-electron chi connectivity index (χ4n) is 1.20. The lowest BCUT2D eigenvalue weighted by molar-refractivity contribution is 0.604. The van der Waals surface area contributed by atoms with Gasteiger partial charge in [0, 0.05) is 7.05 Å². The Morgan fingerprint density at radius 2 is 2.38 bits per heavy atom. The van der Waals surface area contributed by atoms with Crippen LogP contribution in [-0.2, 0) is 7.05 Å². The number of nitrogens with zero attached hydrogens (tertiary/aromatic N) is 3. The average molecular weight is 245 g/mol. The fourth-order valence-corrected chi connectivity index (χ4v) is 1.83. The van der Waals surface area contributed by atoms with Crippen LogP contribution in [0.5, 0.6) is 0 Å². The van der Waals surface area contributed by atoms with Crippen molar-refractivity contribution in [3.05, 3.63) is 22.4 Å². The zero-order valence-corrected chi connectivity index (χ0v) is 9.37. The second-order valence-corrected chi connectivity index (χ2v) is 3.91. The first-order valence-electron chi connectivity index (χ1n) is 3.97. The molecule has 72 valence electrons. The normalized spacial score (nSPS) is 12.9. The molecule has 5 heteroatoms. The number of hydrogen-bond acceptors (Lipinski definition) is 3. The van der Waals surface area contributed by atoms with Gasteiger partial charge in [-0.25, -0.2) is 4.68 Å². The Balaban J connectivity index is 2.87. The summed E-state index contributed by atoms with van der Waals surface area (Å²) in [6, 6.07) is -0.0909.